The van der Waals surface area contributed by atoms with Crippen molar-refractivity contribution in [2.24, 2.45) is 11.8 Å². The summed E-state index contributed by atoms with van der Waals surface area (Å²) in [5.74, 6) is -0.901. The van der Waals surface area contributed by atoms with Crippen LogP contribution in [0.1, 0.15) is 26.2 Å². The van der Waals surface area contributed by atoms with Crippen LogP contribution in [0.5, 0.6) is 0 Å². The average molecular weight is 212 g/mol. The number of esters is 1. The Morgan fingerprint density at radius 2 is 2.20 bits per heavy atom. The molecule has 0 radical (unpaired) electrons. The van der Waals surface area contributed by atoms with Crippen LogP contribution in [0, 0.1) is 11.8 Å². The van der Waals surface area contributed by atoms with Crippen LogP contribution in [0.15, 0.2) is 0 Å². The van der Waals surface area contributed by atoms with Crippen LogP contribution in [-0.2, 0) is 19.1 Å². The number of hydrogen-bond acceptors (Lipinski definition) is 4. The van der Waals surface area contributed by atoms with Crippen LogP contribution in [0.3, 0.4) is 0 Å². The molecule has 4 atom stereocenters. The van der Waals surface area contributed by atoms with Gasteiger partial charge in [0.05, 0.1) is 30.7 Å². The molecule has 2 rings (SSSR count). The Bertz CT molecular complexity index is 263. The van der Waals surface area contributed by atoms with Crippen molar-refractivity contribution >= 4 is 12.3 Å². The minimum atomic E-state index is -0.354. The molecule has 0 aliphatic carbocycles. The second kappa shape index (κ2) is 4.31. The van der Waals surface area contributed by atoms with Gasteiger partial charge in [-0.05, 0) is 19.3 Å². The summed E-state index contributed by atoms with van der Waals surface area (Å²) in [6.45, 7) is 2.38. The average Bonchev–Trinajstić information content (AvgIpc) is 2.84. The molecular formula is C11H16O4. The van der Waals surface area contributed by atoms with Crippen LogP contribution < -0.4 is 0 Å². The maximum Gasteiger partial charge on any atom is 0.312 e. The smallest absolute Gasteiger partial charge is 0.312 e. The second-order valence-electron chi connectivity index (χ2n) is 4.20. The fourth-order valence-electron chi connectivity index (χ4n) is 2.50. The van der Waals surface area contributed by atoms with E-state index in [1.54, 1.807) is 0 Å². The predicted octanol–water partition coefficient (Wildman–Crippen LogP) is 0.932. The summed E-state index contributed by atoms with van der Waals surface area (Å²) in [6.07, 6.45) is 3.29. The van der Waals surface area contributed by atoms with Crippen molar-refractivity contribution in [2.75, 3.05) is 6.61 Å². The Labute approximate surface area is 88.9 Å². The van der Waals surface area contributed by atoms with E-state index in [-0.39, 0.29) is 30.0 Å². The van der Waals surface area contributed by atoms with Gasteiger partial charge in [0.15, 0.2) is 0 Å². The van der Waals surface area contributed by atoms with Crippen molar-refractivity contribution in [3.63, 3.8) is 0 Å². The van der Waals surface area contributed by atoms with Gasteiger partial charge in [-0.15, -0.1) is 0 Å². The first-order valence-electron chi connectivity index (χ1n) is 5.55. The third-order valence-corrected chi connectivity index (χ3v) is 3.21. The minimum Gasteiger partial charge on any atom is -0.465 e. The third kappa shape index (κ3) is 1.78. The molecule has 0 aromatic rings. The first-order valence-corrected chi connectivity index (χ1v) is 5.55. The standard InChI is InChI=1S/C11H16O4/c1-2-5-14-11(13)10-7(6-12)8-3-4-9(10)15-8/h6-10H,2-5H2,1H3. The Hall–Kier alpha value is -0.900. The van der Waals surface area contributed by atoms with Gasteiger partial charge in [-0.3, -0.25) is 4.79 Å². The van der Waals surface area contributed by atoms with Gasteiger partial charge in [0.1, 0.15) is 6.29 Å². The molecule has 84 valence electrons. The molecule has 0 N–H and O–H groups in total. The normalized spacial score (nSPS) is 37.9. The largest absolute Gasteiger partial charge is 0.465 e. The quantitative estimate of drug-likeness (QED) is 0.514. The predicted molar refractivity (Wildman–Crippen MR) is 52.2 cm³/mol. The molecule has 0 spiro atoms. The number of ether oxygens (including phenoxy) is 2. The SMILES string of the molecule is CCCOC(=O)C1C2CCC(O2)C1C=O. The Morgan fingerprint density at radius 1 is 1.47 bits per heavy atom. The van der Waals surface area contributed by atoms with E-state index in [9.17, 15) is 9.59 Å². The third-order valence-electron chi connectivity index (χ3n) is 3.21. The Morgan fingerprint density at radius 3 is 2.87 bits per heavy atom. The van der Waals surface area contributed by atoms with Crippen molar-refractivity contribution in [2.45, 2.75) is 38.4 Å². The summed E-state index contributed by atoms with van der Waals surface area (Å²) >= 11 is 0. The summed E-state index contributed by atoms with van der Waals surface area (Å²) in [5, 5.41) is 0. The van der Waals surface area contributed by atoms with E-state index in [4.69, 9.17) is 9.47 Å². The highest BCUT2D eigenvalue weighted by molar-refractivity contribution is 5.78. The highest BCUT2D eigenvalue weighted by Gasteiger charge is 2.52. The number of carbonyl (C=O) groups is 2. The topological polar surface area (TPSA) is 52.6 Å². The molecular weight excluding hydrogens is 196 g/mol. The van der Waals surface area contributed by atoms with Gasteiger partial charge >= 0.3 is 5.97 Å². The molecule has 2 heterocycles. The lowest BCUT2D eigenvalue weighted by Crippen LogP contribution is -2.35. The lowest BCUT2D eigenvalue weighted by atomic mass is 9.80. The van der Waals surface area contributed by atoms with E-state index in [0.717, 1.165) is 25.5 Å². The molecule has 4 unspecified atom stereocenters. The number of carbonyl (C=O) groups excluding carboxylic acids is 2. The van der Waals surface area contributed by atoms with Crippen LogP contribution in [0.4, 0.5) is 0 Å². The van der Waals surface area contributed by atoms with E-state index < -0.39 is 0 Å². The van der Waals surface area contributed by atoms with Gasteiger partial charge in [0.25, 0.3) is 0 Å². The highest BCUT2D eigenvalue weighted by Crippen LogP contribution is 2.42. The van der Waals surface area contributed by atoms with E-state index >= 15 is 0 Å². The molecule has 15 heavy (non-hydrogen) atoms. The van der Waals surface area contributed by atoms with Crippen molar-refractivity contribution in [3.8, 4) is 0 Å². The molecule has 2 bridgehead atoms. The van der Waals surface area contributed by atoms with Gasteiger partial charge in [-0.25, -0.2) is 0 Å². The lowest BCUT2D eigenvalue weighted by molar-refractivity contribution is -0.152. The summed E-state index contributed by atoms with van der Waals surface area (Å²) < 4.78 is 10.6. The monoisotopic (exact) mass is 212 g/mol. The van der Waals surface area contributed by atoms with E-state index in [0.29, 0.717) is 6.61 Å². The van der Waals surface area contributed by atoms with Crippen LogP contribution in [-0.4, -0.2) is 31.1 Å². The van der Waals surface area contributed by atoms with Gasteiger partial charge in [0, 0.05) is 0 Å². The Balaban J connectivity index is 2.01. The van der Waals surface area contributed by atoms with E-state index in [2.05, 4.69) is 0 Å². The second-order valence-corrected chi connectivity index (χ2v) is 4.20. The molecule has 2 saturated heterocycles. The van der Waals surface area contributed by atoms with Crippen LogP contribution >= 0.6 is 0 Å². The number of rotatable bonds is 4. The molecule has 2 aliphatic heterocycles. The number of hydrogen-bond donors (Lipinski definition) is 0. The number of aldehydes is 1. The van der Waals surface area contributed by atoms with Crippen molar-refractivity contribution < 1.29 is 19.1 Å². The van der Waals surface area contributed by atoms with E-state index in [1.165, 1.54) is 0 Å². The summed E-state index contributed by atoms with van der Waals surface area (Å²) in [5.41, 5.74) is 0. The molecule has 0 amide bonds. The van der Waals surface area contributed by atoms with Crippen LogP contribution in [0.2, 0.25) is 0 Å². The molecule has 0 aromatic carbocycles. The highest BCUT2D eigenvalue weighted by atomic mass is 16.5. The summed E-state index contributed by atoms with van der Waals surface area (Å²) in [6, 6.07) is 0. The summed E-state index contributed by atoms with van der Waals surface area (Å²) in [4.78, 5) is 22.6. The first kappa shape index (κ1) is 10.6. The minimum absolute atomic E-state index is 0.0494. The summed E-state index contributed by atoms with van der Waals surface area (Å²) in [7, 11) is 0. The maximum atomic E-state index is 11.7. The zero-order valence-corrected chi connectivity index (χ0v) is 8.85. The van der Waals surface area contributed by atoms with Crippen molar-refractivity contribution in [3.05, 3.63) is 0 Å². The lowest BCUT2D eigenvalue weighted by Gasteiger charge is -2.21. The molecule has 4 heteroatoms. The van der Waals surface area contributed by atoms with Gasteiger partial charge in [0.2, 0.25) is 0 Å². The molecule has 2 fully saturated rings. The first-order chi connectivity index (χ1) is 7.27. The van der Waals surface area contributed by atoms with Crippen molar-refractivity contribution in [1.82, 2.24) is 0 Å². The molecule has 4 nitrogen and oxygen atoms in total. The molecule has 2 aliphatic rings. The zero-order chi connectivity index (χ0) is 10.8. The Kier molecular flexibility index (Phi) is 3.05. The van der Waals surface area contributed by atoms with Gasteiger partial charge < -0.3 is 14.3 Å². The fourth-order valence-corrected chi connectivity index (χ4v) is 2.50. The number of fused-ring (bicyclic) bond motifs is 2. The molecule has 0 aromatic heterocycles. The van der Waals surface area contributed by atoms with E-state index in [1.807, 2.05) is 6.92 Å². The van der Waals surface area contributed by atoms with Gasteiger partial charge in [-0.2, -0.15) is 0 Å². The van der Waals surface area contributed by atoms with Crippen molar-refractivity contribution in [1.29, 1.82) is 0 Å². The maximum absolute atomic E-state index is 11.7. The van der Waals surface area contributed by atoms with Crippen LogP contribution in [0.25, 0.3) is 0 Å². The van der Waals surface area contributed by atoms with Gasteiger partial charge in [-0.1, -0.05) is 6.92 Å². The zero-order valence-electron chi connectivity index (χ0n) is 8.85. The fraction of sp³-hybridized carbons (Fsp3) is 0.818. The molecule has 0 saturated carbocycles.